The molecule has 3 nitrogen and oxygen atoms in total. The highest BCUT2D eigenvalue weighted by Crippen LogP contribution is 2.23. The summed E-state index contributed by atoms with van der Waals surface area (Å²) in [6, 6.07) is 7.95. The van der Waals surface area contributed by atoms with E-state index >= 15 is 0 Å². The SMILES string of the molecule is C=Cc1cccc2cc(C(=O)NCCCC)n(C)c12. The molecule has 1 N–H and O–H groups in total. The monoisotopic (exact) mass is 256 g/mol. The number of nitrogens with one attached hydrogen (secondary N) is 1. The number of carbonyl (C=O) groups excluding carboxylic acids is 1. The van der Waals surface area contributed by atoms with Gasteiger partial charge in [0.15, 0.2) is 0 Å². The van der Waals surface area contributed by atoms with Gasteiger partial charge in [-0.2, -0.15) is 0 Å². The van der Waals surface area contributed by atoms with Gasteiger partial charge in [-0.3, -0.25) is 4.79 Å². The van der Waals surface area contributed by atoms with Crippen LogP contribution in [0.4, 0.5) is 0 Å². The lowest BCUT2D eigenvalue weighted by Crippen LogP contribution is -2.26. The van der Waals surface area contributed by atoms with E-state index in [4.69, 9.17) is 0 Å². The number of fused-ring (bicyclic) bond motifs is 1. The molecule has 0 bridgehead atoms. The first-order chi connectivity index (χ1) is 9.19. The summed E-state index contributed by atoms with van der Waals surface area (Å²) in [5.41, 5.74) is 2.80. The van der Waals surface area contributed by atoms with Gasteiger partial charge in [0.05, 0.1) is 5.52 Å². The topological polar surface area (TPSA) is 34.0 Å². The first-order valence-corrected chi connectivity index (χ1v) is 6.68. The minimum Gasteiger partial charge on any atom is -0.351 e. The largest absolute Gasteiger partial charge is 0.351 e. The summed E-state index contributed by atoms with van der Waals surface area (Å²) in [6.07, 6.45) is 3.91. The Hall–Kier alpha value is -2.03. The zero-order valence-corrected chi connectivity index (χ0v) is 11.6. The molecule has 0 fully saturated rings. The van der Waals surface area contributed by atoms with E-state index in [-0.39, 0.29) is 5.91 Å². The van der Waals surface area contributed by atoms with E-state index in [9.17, 15) is 4.79 Å². The van der Waals surface area contributed by atoms with E-state index in [1.807, 2.05) is 42.0 Å². The lowest BCUT2D eigenvalue weighted by atomic mass is 10.1. The number of benzene rings is 1. The van der Waals surface area contributed by atoms with Crippen molar-refractivity contribution in [1.29, 1.82) is 0 Å². The van der Waals surface area contributed by atoms with Gasteiger partial charge in [-0.25, -0.2) is 0 Å². The molecule has 1 amide bonds. The van der Waals surface area contributed by atoms with Crippen molar-refractivity contribution < 1.29 is 4.79 Å². The van der Waals surface area contributed by atoms with Crippen LogP contribution in [0.25, 0.3) is 17.0 Å². The van der Waals surface area contributed by atoms with Gasteiger partial charge in [-0.15, -0.1) is 0 Å². The highest BCUT2D eigenvalue weighted by molar-refractivity contribution is 6.00. The molecule has 1 heterocycles. The first-order valence-electron chi connectivity index (χ1n) is 6.68. The van der Waals surface area contributed by atoms with Crippen LogP contribution >= 0.6 is 0 Å². The fourth-order valence-electron chi connectivity index (χ4n) is 2.30. The molecule has 0 saturated carbocycles. The third-order valence-corrected chi connectivity index (χ3v) is 3.36. The molecule has 1 aromatic carbocycles. The molecular formula is C16H20N2O. The smallest absolute Gasteiger partial charge is 0.267 e. The average molecular weight is 256 g/mol. The Kier molecular flexibility index (Phi) is 4.05. The predicted octanol–water partition coefficient (Wildman–Crippen LogP) is 3.35. The highest BCUT2D eigenvalue weighted by atomic mass is 16.1. The number of para-hydroxylation sites is 1. The third-order valence-electron chi connectivity index (χ3n) is 3.36. The molecule has 0 aliphatic heterocycles. The van der Waals surface area contributed by atoms with Crippen LogP contribution in [0.1, 0.15) is 35.8 Å². The molecule has 0 spiro atoms. The standard InChI is InChI=1S/C16H20N2O/c1-4-6-10-17-16(19)14-11-13-9-7-8-12(5-2)15(13)18(14)3/h5,7-9,11H,2,4,6,10H2,1,3H3,(H,17,19). The van der Waals surface area contributed by atoms with Crippen molar-refractivity contribution in [2.75, 3.05) is 6.54 Å². The van der Waals surface area contributed by atoms with Crippen molar-refractivity contribution in [3.63, 3.8) is 0 Å². The van der Waals surface area contributed by atoms with E-state index < -0.39 is 0 Å². The summed E-state index contributed by atoms with van der Waals surface area (Å²) in [5, 5.41) is 4.02. The zero-order valence-electron chi connectivity index (χ0n) is 11.6. The number of rotatable bonds is 5. The van der Waals surface area contributed by atoms with Crippen LogP contribution in [-0.2, 0) is 7.05 Å². The summed E-state index contributed by atoms with van der Waals surface area (Å²) >= 11 is 0. The lowest BCUT2D eigenvalue weighted by molar-refractivity contribution is 0.0945. The predicted molar refractivity (Wildman–Crippen MR) is 80.3 cm³/mol. The number of unbranched alkanes of at least 4 members (excludes halogenated alkanes) is 1. The van der Waals surface area contributed by atoms with Crippen molar-refractivity contribution in [2.24, 2.45) is 7.05 Å². The Morgan fingerprint density at radius 3 is 2.95 bits per heavy atom. The number of hydrogen-bond acceptors (Lipinski definition) is 1. The fraction of sp³-hybridized carbons (Fsp3) is 0.312. The molecule has 0 aliphatic rings. The van der Waals surface area contributed by atoms with Gasteiger partial charge in [0.25, 0.3) is 5.91 Å². The van der Waals surface area contributed by atoms with Gasteiger partial charge < -0.3 is 9.88 Å². The second-order valence-electron chi connectivity index (χ2n) is 4.69. The summed E-state index contributed by atoms with van der Waals surface area (Å²) < 4.78 is 1.94. The molecule has 0 aliphatic carbocycles. The molecule has 0 atom stereocenters. The second-order valence-corrected chi connectivity index (χ2v) is 4.69. The Balaban J connectivity index is 2.37. The summed E-state index contributed by atoms with van der Waals surface area (Å²) in [5.74, 6) is -0.0119. The van der Waals surface area contributed by atoms with Gasteiger partial charge in [0.2, 0.25) is 0 Å². The quantitative estimate of drug-likeness (QED) is 0.818. The molecule has 0 radical (unpaired) electrons. The van der Waals surface area contributed by atoms with Gasteiger partial charge in [0, 0.05) is 19.0 Å². The van der Waals surface area contributed by atoms with Crippen LogP contribution in [0.15, 0.2) is 30.8 Å². The van der Waals surface area contributed by atoms with Crippen molar-refractivity contribution in [1.82, 2.24) is 9.88 Å². The normalized spacial score (nSPS) is 10.6. The van der Waals surface area contributed by atoms with Crippen LogP contribution in [0.3, 0.4) is 0 Å². The number of carbonyl (C=O) groups is 1. The van der Waals surface area contributed by atoms with Gasteiger partial charge >= 0.3 is 0 Å². The van der Waals surface area contributed by atoms with Crippen molar-refractivity contribution in [3.8, 4) is 0 Å². The molecular weight excluding hydrogens is 236 g/mol. The van der Waals surface area contributed by atoms with E-state index in [0.717, 1.165) is 35.9 Å². The molecule has 1 aromatic heterocycles. The molecule has 0 saturated heterocycles. The minimum atomic E-state index is -0.0119. The van der Waals surface area contributed by atoms with Crippen molar-refractivity contribution >= 4 is 22.9 Å². The van der Waals surface area contributed by atoms with E-state index in [0.29, 0.717) is 5.69 Å². The first kappa shape index (κ1) is 13.4. The molecule has 2 aromatic rings. The van der Waals surface area contributed by atoms with Crippen LogP contribution in [-0.4, -0.2) is 17.0 Å². The molecule has 19 heavy (non-hydrogen) atoms. The lowest BCUT2D eigenvalue weighted by Gasteiger charge is -2.06. The van der Waals surface area contributed by atoms with Crippen LogP contribution in [0.2, 0.25) is 0 Å². The number of amides is 1. The van der Waals surface area contributed by atoms with Gasteiger partial charge in [-0.1, -0.05) is 44.2 Å². The Bertz CT molecular complexity index is 610. The average Bonchev–Trinajstić information content (AvgIpc) is 2.76. The van der Waals surface area contributed by atoms with Crippen molar-refractivity contribution in [3.05, 3.63) is 42.1 Å². The third kappa shape index (κ3) is 2.55. The van der Waals surface area contributed by atoms with E-state index in [1.165, 1.54) is 0 Å². The maximum Gasteiger partial charge on any atom is 0.267 e. The van der Waals surface area contributed by atoms with E-state index in [2.05, 4.69) is 18.8 Å². The molecule has 100 valence electrons. The molecule has 2 rings (SSSR count). The van der Waals surface area contributed by atoms with E-state index in [1.54, 1.807) is 0 Å². The minimum absolute atomic E-state index is 0.0119. The Morgan fingerprint density at radius 2 is 2.26 bits per heavy atom. The number of hydrogen-bond donors (Lipinski definition) is 1. The maximum absolute atomic E-state index is 12.2. The maximum atomic E-state index is 12.2. The molecule has 0 unspecified atom stereocenters. The number of aromatic nitrogens is 1. The highest BCUT2D eigenvalue weighted by Gasteiger charge is 2.13. The van der Waals surface area contributed by atoms with Gasteiger partial charge in [-0.05, 0) is 18.1 Å². The second kappa shape index (κ2) is 5.74. The van der Waals surface area contributed by atoms with Crippen LogP contribution in [0, 0.1) is 0 Å². The van der Waals surface area contributed by atoms with Gasteiger partial charge in [0.1, 0.15) is 5.69 Å². The summed E-state index contributed by atoms with van der Waals surface area (Å²) in [7, 11) is 1.92. The summed E-state index contributed by atoms with van der Waals surface area (Å²) in [4.78, 5) is 12.2. The Labute approximate surface area is 113 Å². The summed E-state index contributed by atoms with van der Waals surface area (Å²) in [6.45, 7) is 6.66. The fourth-order valence-corrected chi connectivity index (χ4v) is 2.30. The Morgan fingerprint density at radius 1 is 1.47 bits per heavy atom. The number of nitrogens with zero attached hydrogens (tertiary/aromatic N) is 1. The molecule has 3 heteroatoms. The van der Waals surface area contributed by atoms with Crippen LogP contribution < -0.4 is 5.32 Å². The van der Waals surface area contributed by atoms with Crippen molar-refractivity contribution in [2.45, 2.75) is 19.8 Å². The zero-order chi connectivity index (χ0) is 13.8. The number of aryl methyl sites for hydroxylation is 1. The van der Waals surface area contributed by atoms with Crippen LogP contribution in [0.5, 0.6) is 0 Å².